The highest BCUT2D eigenvalue weighted by atomic mass is 79.9. The van der Waals surface area contributed by atoms with Gasteiger partial charge in [-0.1, -0.05) is 52.4 Å². The van der Waals surface area contributed by atoms with E-state index in [9.17, 15) is 0 Å². The summed E-state index contributed by atoms with van der Waals surface area (Å²) in [4.78, 5) is 0. The molecule has 0 fully saturated rings. The number of nitrogens with one attached hydrogen (secondary N) is 1. The van der Waals surface area contributed by atoms with Crippen molar-refractivity contribution in [3.63, 3.8) is 0 Å². The quantitative estimate of drug-likeness (QED) is 0.516. The summed E-state index contributed by atoms with van der Waals surface area (Å²) in [6.07, 6.45) is 12.2. The van der Waals surface area contributed by atoms with Gasteiger partial charge in [-0.2, -0.15) is 0 Å². The van der Waals surface area contributed by atoms with Gasteiger partial charge in [0.15, 0.2) is 4.67 Å². The van der Waals surface area contributed by atoms with E-state index in [0.29, 0.717) is 6.04 Å². The second-order valence-corrected chi connectivity index (χ2v) is 5.93. The van der Waals surface area contributed by atoms with Crippen LogP contribution < -0.4 is 5.32 Å². The van der Waals surface area contributed by atoms with Crippen molar-refractivity contribution in [3.8, 4) is 0 Å². The lowest BCUT2D eigenvalue weighted by Gasteiger charge is -2.17. The zero-order valence-corrected chi connectivity index (χ0v) is 14.0. The Kier molecular flexibility index (Phi) is 9.27. The third kappa shape index (κ3) is 6.62. The molecule has 0 radical (unpaired) electrons. The molecule has 0 saturated heterocycles. The number of unbranched alkanes of at least 4 members (excludes halogenated alkanes) is 5. The minimum atomic E-state index is 0.430. The maximum absolute atomic E-state index is 5.36. The van der Waals surface area contributed by atoms with Crippen LogP contribution in [0.3, 0.4) is 0 Å². The third-order valence-corrected chi connectivity index (χ3v) is 4.15. The molecule has 1 aromatic rings. The molecule has 1 heterocycles. The number of rotatable bonds is 11. The zero-order valence-electron chi connectivity index (χ0n) is 12.4. The SMILES string of the molecule is CCCCCCCCC(NCCC)c1ccoc1Br. The van der Waals surface area contributed by atoms with Gasteiger partial charge in [0.1, 0.15) is 0 Å². The minimum Gasteiger partial charge on any atom is -0.457 e. The normalized spacial score (nSPS) is 12.8. The molecular weight excluding hydrogens is 302 g/mol. The first kappa shape index (κ1) is 16.8. The van der Waals surface area contributed by atoms with Crippen molar-refractivity contribution in [2.75, 3.05) is 6.54 Å². The molecule has 0 amide bonds. The van der Waals surface area contributed by atoms with Crippen molar-refractivity contribution in [1.29, 1.82) is 0 Å². The van der Waals surface area contributed by atoms with Crippen LogP contribution in [0.1, 0.15) is 76.8 Å². The number of furan rings is 1. The largest absolute Gasteiger partial charge is 0.457 e. The Morgan fingerprint density at radius 1 is 1.11 bits per heavy atom. The molecule has 0 bridgehead atoms. The van der Waals surface area contributed by atoms with Crippen LogP contribution in [-0.4, -0.2) is 6.54 Å². The molecule has 1 unspecified atom stereocenters. The Balaban J connectivity index is 2.32. The van der Waals surface area contributed by atoms with E-state index in [1.807, 2.05) is 0 Å². The first-order valence-electron chi connectivity index (χ1n) is 7.75. The molecule has 19 heavy (non-hydrogen) atoms. The van der Waals surface area contributed by atoms with E-state index in [2.05, 4.69) is 41.2 Å². The van der Waals surface area contributed by atoms with Gasteiger partial charge >= 0.3 is 0 Å². The predicted octanol–water partition coefficient (Wildman–Crippen LogP) is 5.83. The average Bonchev–Trinajstić information content (AvgIpc) is 2.83. The topological polar surface area (TPSA) is 25.2 Å². The first-order valence-corrected chi connectivity index (χ1v) is 8.55. The summed E-state index contributed by atoms with van der Waals surface area (Å²) >= 11 is 3.50. The fraction of sp³-hybridized carbons (Fsp3) is 0.750. The highest BCUT2D eigenvalue weighted by molar-refractivity contribution is 9.10. The number of hydrogen-bond acceptors (Lipinski definition) is 2. The van der Waals surface area contributed by atoms with E-state index < -0.39 is 0 Å². The number of hydrogen-bond donors (Lipinski definition) is 1. The average molecular weight is 330 g/mol. The van der Waals surface area contributed by atoms with Crippen molar-refractivity contribution in [1.82, 2.24) is 5.32 Å². The van der Waals surface area contributed by atoms with Crippen molar-refractivity contribution in [3.05, 3.63) is 22.6 Å². The molecule has 0 aliphatic rings. The van der Waals surface area contributed by atoms with E-state index in [1.165, 1.54) is 56.9 Å². The van der Waals surface area contributed by atoms with Crippen LogP contribution >= 0.6 is 15.9 Å². The Morgan fingerprint density at radius 2 is 1.84 bits per heavy atom. The van der Waals surface area contributed by atoms with Crippen LogP contribution in [0.5, 0.6) is 0 Å². The van der Waals surface area contributed by atoms with Crippen molar-refractivity contribution >= 4 is 15.9 Å². The molecule has 0 aliphatic carbocycles. The first-order chi connectivity index (χ1) is 9.29. The Bertz CT molecular complexity index is 324. The van der Waals surface area contributed by atoms with Crippen molar-refractivity contribution < 1.29 is 4.42 Å². The van der Waals surface area contributed by atoms with Gasteiger partial charge in [-0.15, -0.1) is 0 Å². The van der Waals surface area contributed by atoms with Gasteiger partial charge in [-0.3, -0.25) is 0 Å². The van der Waals surface area contributed by atoms with Crippen LogP contribution in [0.15, 0.2) is 21.4 Å². The molecule has 2 nitrogen and oxygen atoms in total. The molecule has 110 valence electrons. The summed E-state index contributed by atoms with van der Waals surface area (Å²) in [5.41, 5.74) is 1.27. The molecule has 0 saturated carbocycles. The van der Waals surface area contributed by atoms with Gasteiger partial charge in [0.05, 0.1) is 6.26 Å². The summed E-state index contributed by atoms with van der Waals surface area (Å²) in [6.45, 7) is 5.54. The molecular formula is C16H28BrNO. The van der Waals surface area contributed by atoms with Crippen LogP contribution in [-0.2, 0) is 0 Å². The maximum atomic E-state index is 5.36. The van der Waals surface area contributed by atoms with Gasteiger partial charge in [-0.25, -0.2) is 0 Å². The van der Waals surface area contributed by atoms with E-state index in [-0.39, 0.29) is 0 Å². The summed E-state index contributed by atoms with van der Waals surface area (Å²) in [5, 5.41) is 3.62. The van der Waals surface area contributed by atoms with E-state index in [0.717, 1.165) is 11.2 Å². The summed E-state index contributed by atoms with van der Waals surface area (Å²) < 4.78 is 6.24. The summed E-state index contributed by atoms with van der Waals surface area (Å²) in [5.74, 6) is 0. The van der Waals surface area contributed by atoms with Gasteiger partial charge in [0.2, 0.25) is 0 Å². The molecule has 0 spiro atoms. The lowest BCUT2D eigenvalue weighted by atomic mass is 10.0. The van der Waals surface area contributed by atoms with Gasteiger partial charge in [0.25, 0.3) is 0 Å². The zero-order chi connectivity index (χ0) is 13.9. The van der Waals surface area contributed by atoms with Crippen molar-refractivity contribution in [2.24, 2.45) is 0 Å². The van der Waals surface area contributed by atoms with Crippen LogP contribution in [0.2, 0.25) is 0 Å². The molecule has 1 atom stereocenters. The third-order valence-electron chi connectivity index (χ3n) is 3.51. The second-order valence-electron chi connectivity index (χ2n) is 5.21. The van der Waals surface area contributed by atoms with E-state index >= 15 is 0 Å². The van der Waals surface area contributed by atoms with E-state index in [4.69, 9.17) is 4.42 Å². The molecule has 1 N–H and O–H groups in total. The Hall–Kier alpha value is -0.280. The lowest BCUT2D eigenvalue weighted by molar-refractivity contribution is 0.454. The monoisotopic (exact) mass is 329 g/mol. The fourth-order valence-corrected chi connectivity index (χ4v) is 2.89. The Morgan fingerprint density at radius 3 is 2.47 bits per heavy atom. The lowest BCUT2D eigenvalue weighted by Crippen LogP contribution is -2.22. The Labute approximate surface area is 126 Å². The molecule has 0 aliphatic heterocycles. The fourth-order valence-electron chi connectivity index (χ4n) is 2.37. The van der Waals surface area contributed by atoms with Gasteiger partial charge in [-0.05, 0) is 41.4 Å². The van der Waals surface area contributed by atoms with Gasteiger partial charge in [0, 0.05) is 11.6 Å². The van der Waals surface area contributed by atoms with Crippen molar-refractivity contribution in [2.45, 2.75) is 71.3 Å². The van der Waals surface area contributed by atoms with Crippen LogP contribution in [0, 0.1) is 0 Å². The molecule has 1 aromatic heterocycles. The van der Waals surface area contributed by atoms with E-state index in [1.54, 1.807) is 6.26 Å². The summed E-state index contributed by atoms with van der Waals surface area (Å²) in [7, 11) is 0. The van der Waals surface area contributed by atoms with Gasteiger partial charge < -0.3 is 9.73 Å². The smallest absolute Gasteiger partial charge is 0.173 e. The predicted molar refractivity (Wildman–Crippen MR) is 85.4 cm³/mol. The highest BCUT2D eigenvalue weighted by Crippen LogP contribution is 2.28. The number of halogens is 1. The standard InChI is InChI=1S/C16H28BrNO/c1-3-5-6-7-8-9-10-15(18-12-4-2)14-11-13-19-16(14)17/h11,13,15,18H,3-10,12H2,1-2H3. The van der Waals surface area contributed by atoms with Crippen LogP contribution in [0.4, 0.5) is 0 Å². The summed E-state index contributed by atoms with van der Waals surface area (Å²) in [6, 6.07) is 2.51. The minimum absolute atomic E-state index is 0.430. The molecule has 0 aromatic carbocycles. The maximum Gasteiger partial charge on any atom is 0.173 e. The molecule has 3 heteroatoms. The molecule has 1 rings (SSSR count). The second kappa shape index (κ2) is 10.5. The van der Waals surface area contributed by atoms with Crippen LogP contribution in [0.25, 0.3) is 0 Å². The highest BCUT2D eigenvalue weighted by Gasteiger charge is 2.15.